The molecule has 0 radical (unpaired) electrons. The van der Waals surface area contributed by atoms with Crippen molar-refractivity contribution in [3.8, 4) is 17.4 Å². The minimum absolute atomic E-state index is 0.101. The summed E-state index contributed by atoms with van der Waals surface area (Å²) in [7, 11) is 3.31. The van der Waals surface area contributed by atoms with Gasteiger partial charge in [-0.25, -0.2) is 15.0 Å². The number of ether oxygens (including phenoxy) is 3. The van der Waals surface area contributed by atoms with Crippen LogP contribution in [0.3, 0.4) is 0 Å². The van der Waals surface area contributed by atoms with Crippen molar-refractivity contribution in [1.82, 2.24) is 19.5 Å². The fourth-order valence-corrected chi connectivity index (χ4v) is 5.06. The summed E-state index contributed by atoms with van der Waals surface area (Å²) in [6.07, 6.45) is 9.43. The van der Waals surface area contributed by atoms with E-state index in [0.717, 1.165) is 70.1 Å². The quantitative estimate of drug-likeness (QED) is 0.243. The number of anilines is 2. The van der Waals surface area contributed by atoms with Crippen LogP contribution in [-0.2, 0) is 26.1 Å². The summed E-state index contributed by atoms with van der Waals surface area (Å²) < 4.78 is 19.2. The van der Waals surface area contributed by atoms with Crippen LogP contribution in [0.15, 0.2) is 79.4 Å². The Bertz CT molecular complexity index is 1600. The molecule has 0 fully saturated rings. The molecule has 204 valence electrons. The van der Waals surface area contributed by atoms with E-state index in [1.165, 1.54) is 0 Å². The Morgan fingerprint density at radius 1 is 0.900 bits per heavy atom. The largest absolute Gasteiger partial charge is 0.497 e. The van der Waals surface area contributed by atoms with Gasteiger partial charge in [0.25, 0.3) is 0 Å². The molecular formula is C31H32N6O3. The number of hydrogen-bond donors (Lipinski definition) is 2. The van der Waals surface area contributed by atoms with E-state index in [9.17, 15) is 0 Å². The van der Waals surface area contributed by atoms with E-state index in [2.05, 4.69) is 48.4 Å². The summed E-state index contributed by atoms with van der Waals surface area (Å²) >= 11 is 0. The van der Waals surface area contributed by atoms with Gasteiger partial charge in [0.2, 0.25) is 5.88 Å². The summed E-state index contributed by atoms with van der Waals surface area (Å²) in [5.74, 6) is 4.06. The molecule has 2 aromatic carbocycles. The zero-order valence-corrected chi connectivity index (χ0v) is 22.6. The van der Waals surface area contributed by atoms with Crippen molar-refractivity contribution in [3.63, 3.8) is 0 Å². The molecule has 5 aromatic rings. The molecular weight excluding hydrogens is 504 g/mol. The summed E-state index contributed by atoms with van der Waals surface area (Å²) in [6.45, 7) is 2.14. The molecule has 2 N–H and O–H groups in total. The highest BCUT2D eigenvalue weighted by atomic mass is 16.5. The molecule has 1 aliphatic heterocycles. The molecule has 1 atom stereocenters. The predicted octanol–water partition coefficient (Wildman–Crippen LogP) is 5.46. The maximum absolute atomic E-state index is 6.14. The zero-order valence-electron chi connectivity index (χ0n) is 22.6. The number of methoxy groups -OCH3 is 2. The number of nitrogens with zero attached hydrogens (tertiary/aromatic N) is 4. The Hall–Kier alpha value is -4.79. The number of aryl methyl sites for hydroxylation is 1. The number of benzene rings is 2. The first-order chi connectivity index (χ1) is 19.7. The van der Waals surface area contributed by atoms with Gasteiger partial charge in [-0.05, 0) is 29.8 Å². The first-order valence-electron chi connectivity index (χ1n) is 13.4. The van der Waals surface area contributed by atoms with Crippen LogP contribution < -0.4 is 24.8 Å². The van der Waals surface area contributed by atoms with Crippen molar-refractivity contribution in [2.75, 3.05) is 24.9 Å². The van der Waals surface area contributed by atoms with Gasteiger partial charge in [0.05, 0.1) is 14.2 Å². The molecule has 1 aliphatic rings. The van der Waals surface area contributed by atoms with Gasteiger partial charge < -0.3 is 29.4 Å². The molecule has 6 rings (SSSR count). The molecule has 0 saturated heterocycles. The van der Waals surface area contributed by atoms with Gasteiger partial charge in [-0.3, -0.25) is 0 Å². The van der Waals surface area contributed by atoms with Crippen molar-refractivity contribution in [3.05, 3.63) is 96.3 Å². The van der Waals surface area contributed by atoms with Crippen molar-refractivity contribution in [1.29, 1.82) is 0 Å². The smallest absolute Gasteiger partial charge is 0.213 e. The first kappa shape index (κ1) is 25.5. The van der Waals surface area contributed by atoms with Gasteiger partial charge in [-0.2, -0.15) is 0 Å². The normalized spacial score (nSPS) is 14.4. The third kappa shape index (κ3) is 5.49. The van der Waals surface area contributed by atoms with Gasteiger partial charge in [-0.1, -0.05) is 18.2 Å². The fourth-order valence-electron chi connectivity index (χ4n) is 5.06. The second-order valence-corrected chi connectivity index (χ2v) is 9.72. The van der Waals surface area contributed by atoms with Crippen molar-refractivity contribution >= 4 is 22.3 Å². The number of pyridine rings is 2. The molecule has 9 nitrogen and oxygen atoms in total. The van der Waals surface area contributed by atoms with E-state index in [1.54, 1.807) is 14.2 Å². The molecule has 0 saturated carbocycles. The number of imidazole rings is 1. The molecule has 4 heterocycles. The zero-order chi connectivity index (χ0) is 27.3. The van der Waals surface area contributed by atoms with Crippen LogP contribution >= 0.6 is 0 Å². The monoisotopic (exact) mass is 536 g/mol. The van der Waals surface area contributed by atoms with Crippen LogP contribution in [0.5, 0.6) is 17.4 Å². The Balaban J connectivity index is 1.10. The highest BCUT2D eigenvalue weighted by molar-refractivity contribution is 5.99. The highest BCUT2D eigenvalue weighted by Gasteiger charge is 2.21. The van der Waals surface area contributed by atoms with E-state index in [-0.39, 0.29) is 6.10 Å². The summed E-state index contributed by atoms with van der Waals surface area (Å²) in [5, 5.41) is 9.16. The second-order valence-electron chi connectivity index (χ2n) is 9.72. The van der Waals surface area contributed by atoms with Gasteiger partial charge in [0.15, 0.2) is 0 Å². The highest BCUT2D eigenvalue weighted by Crippen LogP contribution is 2.30. The minimum Gasteiger partial charge on any atom is -0.497 e. The number of fused-ring (bicyclic) bond motifs is 2. The maximum Gasteiger partial charge on any atom is 0.213 e. The van der Waals surface area contributed by atoms with Crippen molar-refractivity contribution in [2.24, 2.45) is 0 Å². The number of nitrogens with one attached hydrogen (secondary N) is 2. The van der Waals surface area contributed by atoms with Crippen LogP contribution in [0.4, 0.5) is 11.5 Å². The van der Waals surface area contributed by atoms with Gasteiger partial charge in [0, 0.05) is 91.4 Å². The minimum atomic E-state index is 0.101. The average Bonchev–Trinajstić information content (AvgIpc) is 3.47. The Labute approximate surface area is 233 Å². The first-order valence-corrected chi connectivity index (χ1v) is 13.4. The van der Waals surface area contributed by atoms with Gasteiger partial charge in [0.1, 0.15) is 29.2 Å². The summed E-state index contributed by atoms with van der Waals surface area (Å²) in [4.78, 5) is 13.6. The standard InChI is InChI=1S/C31H32N6O3/c1-38-23-8-7-22(28(16-23)39-2)20-36-31-26-4-3-5-27(25(26)10-12-33-31)34-18-21-6-9-30(35-19-21)40-24-11-14-37-15-13-32-29(37)17-24/h3-10,12-13,15-16,19,24,34H,11,14,17-18,20H2,1-2H3,(H,33,36). The molecule has 0 aliphatic carbocycles. The van der Waals surface area contributed by atoms with Gasteiger partial charge >= 0.3 is 0 Å². The Morgan fingerprint density at radius 2 is 1.85 bits per heavy atom. The third-order valence-electron chi connectivity index (χ3n) is 7.22. The lowest BCUT2D eigenvalue weighted by Gasteiger charge is -2.23. The maximum atomic E-state index is 6.14. The summed E-state index contributed by atoms with van der Waals surface area (Å²) in [6, 6.07) is 18.0. The number of rotatable bonds is 10. The Morgan fingerprint density at radius 3 is 2.70 bits per heavy atom. The van der Waals surface area contributed by atoms with Gasteiger partial charge in [-0.15, -0.1) is 0 Å². The molecule has 40 heavy (non-hydrogen) atoms. The SMILES string of the molecule is COc1ccc(CNc2nccc3c(NCc4ccc(OC5CCn6ccnc6C5)nc4)cccc23)c(OC)c1. The van der Waals surface area contributed by atoms with Crippen molar-refractivity contribution in [2.45, 2.75) is 38.6 Å². The molecule has 0 spiro atoms. The van der Waals surface area contributed by atoms with E-state index in [4.69, 9.17) is 14.2 Å². The molecule has 1 unspecified atom stereocenters. The molecule has 9 heteroatoms. The third-order valence-corrected chi connectivity index (χ3v) is 7.22. The number of aromatic nitrogens is 4. The number of hydrogen-bond acceptors (Lipinski definition) is 8. The summed E-state index contributed by atoms with van der Waals surface area (Å²) in [5.41, 5.74) is 3.12. The Kier molecular flexibility index (Phi) is 7.34. The van der Waals surface area contributed by atoms with Crippen LogP contribution in [0.2, 0.25) is 0 Å². The second kappa shape index (κ2) is 11.5. The molecule has 0 bridgehead atoms. The lowest BCUT2D eigenvalue weighted by molar-refractivity contribution is 0.160. The fraction of sp³-hybridized carbons (Fsp3) is 0.258. The average molecular weight is 537 g/mol. The predicted molar refractivity (Wildman–Crippen MR) is 155 cm³/mol. The molecule has 3 aromatic heterocycles. The van der Waals surface area contributed by atoms with E-state index in [0.29, 0.717) is 19.0 Å². The lowest BCUT2D eigenvalue weighted by atomic mass is 10.1. The topological polar surface area (TPSA) is 95.3 Å². The van der Waals surface area contributed by atoms with E-state index >= 15 is 0 Å². The van der Waals surface area contributed by atoms with E-state index in [1.807, 2.05) is 61.2 Å². The van der Waals surface area contributed by atoms with E-state index < -0.39 is 0 Å². The van der Waals surface area contributed by atoms with Crippen LogP contribution in [0.25, 0.3) is 10.8 Å². The molecule has 0 amide bonds. The van der Waals surface area contributed by atoms with Crippen molar-refractivity contribution < 1.29 is 14.2 Å². The van der Waals surface area contributed by atoms with Crippen LogP contribution in [0, 0.1) is 0 Å². The van der Waals surface area contributed by atoms with Crippen LogP contribution in [0.1, 0.15) is 23.4 Å². The lowest BCUT2D eigenvalue weighted by Crippen LogP contribution is -2.28. The van der Waals surface area contributed by atoms with Crippen LogP contribution in [-0.4, -0.2) is 39.8 Å².